The van der Waals surface area contributed by atoms with E-state index in [0.717, 1.165) is 49.4 Å². The van der Waals surface area contributed by atoms with Crippen molar-refractivity contribution in [3.05, 3.63) is 46.1 Å². The van der Waals surface area contributed by atoms with Gasteiger partial charge in [-0.3, -0.25) is 21.0 Å². The summed E-state index contributed by atoms with van der Waals surface area (Å²) in [6.45, 7) is 3.78. The third-order valence-electron chi connectivity index (χ3n) is 4.15. The molecule has 1 saturated heterocycles. The molecule has 1 unspecified atom stereocenters. The molecule has 0 radical (unpaired) electrons. The van der Waals surface area contributed by atoms with Gasteiger partial charge < -0.3 is 5.32 Å². The van der Waals surface area contributed by atoms with E-state index in [2.05, 4.69) is 26.1 Å². The number of anilines is 1. The van der Waals surface area contributed by atoms with Crippen molar-refractivity contribution < 1.29 is 4.92 Å². The van der Waals surface area contributed by atoms with Crippen molar-refractivity contribution in [3.8, 4) is 11.4 Å². The topological polar surface area (TPSA) is 105 Å². The minimum Gasteiger partial charge on any atom is -0.370 e. The van der Waals surface area contributed by atoms with Crippen LogP contribution in [0.4, 0.5) is 11.5 Å². The summed E-state index contributed by atoms with van der Waals surface area (Å²) in [5, 5.41) is 14.1. The van der Waals surface area contributed by atoms with Crippen LogP contribution >= 0.6 is 0 Å². The van der Waals surface area contributed by atoms with E-state index >= 15 is 0 Å². The lowest BCUT2D eigenvalue weighted by molar-refractivity contribution is -0.384. The molecule has 1 fully saturated rings. The van der Waals surface area contributed by atoms with Gasteiger partial charge in [0.25, 0.3) is 5.69 Å². The van der Waals surface area contributed by atoms with Gasteiger partial charge in [0, 0.05) is 48.6 Å². The first-order chi connectivity index (χ1) is 12.1. The molecule has 1 aromatic carbocycles. The molecule has 132 valence electrons. The molecule has 3 rings (SSSR count). The van der Waals surface area contributed by atoms with Gasteiger partial charge in [-0.1, -0.05) is 0 Å². The van der Waals surface area contributed by atoms with E-state index < -0.39 is 4.92 Å². The summed E-state index contributed by atoms with van der Waals surface area (Å²) in [4.78, 5) is 19.3. The summed E-state index contributed by atoms with van der Waals surface area (Å²) in [6, 6.07) is 8.74. The predicted molar refractivity (Wildman–Crippen MR) is 96.1 cm³/mol. The maximum Gasteiger partial charge on any atom is 0.269 e. The zero-order valence-corrected chi connectivity index (χ0v) is 14.2. The molecule has 2 aromatic rings. The van der Waals surface area contributed by atoms with Crippen molar-refractivity contribution in [1.29, 1.82) is 0 Å². The zero-order chi connectivity index (χ0) is 17.6. The number of nitro benzene ring substituents is 1. The fourth-order valence-corrected chi connectivity index (χ4v) is 2.84. The summed E-state index contributed by atoms with van der Waals surface area (Å²) in [7, 11) is 0. The van der Waals surface area contributed by atoms with Crippen molar-refractivity contribution in [2.75, 3.05) is 18.4 Å². The monoisotopic (exact) mass is 342 g/mol. The highest BCUT2D eigenvalue weighted by atomic mass is 16.6. The Hall–Kier alpha value is -2.58. The highest BCUT2D eigenvalue weighted by molar-refractivity contribution is 5.59. The van der Waals surface area contributed by atoms with Crippen LogP contribution in [0.25, 0.3) is 11.4 Å². The van der Waals surface area contributed by atoms with Crippen LogP contribution in [0.2, 0.25) is 0 Å². The molecule has 0 spiro atoms. The second kappa shape index (κ2) is 8.00. The van der Waals surface area contributed by atoms with E-state index in [9.17, 15) is 10.1 Å². The first kappa shape index (κ1) is 17.2. The molecule has 8 nitrogen and oxygen atoms in total. The van der Waals surface area contributed by atoms with Gasteiger partial charge in [-0.2, -0.15) is 0 Å². The molecule has 0 saturated carbocycles. The van der Waals surface area contributed by atoms with Crippen LogP contribution in [0.15, 0.2) is 30.3 Å². The Kier molecular flexibility index (Phi) is 5.52. The summed E-state index contributed by atoms with van der Waals surface area (Å²) in [5.41, 5.74) is 8.07. The number of hydrazine groups is 1. The van der Waals surface area contributed by atoms with Gasteiger partial charge in [-0.05, 0) is 38.3 Å². The van der Waals surface area contributed by atoms with Gasteiger partial charge >= 0.3 is 0 Å². The largest absolute Gasteiger partial charge is 0.370 e. The lowest BCUT2D eigenvalue weighted by atomic mass is 10.1. The second-order valence-corrected chi connectivity index (χ2v) is 6.15. The molecule has 0 aliphatic carbocycles. The number of benzene rings is 1. The van der Waals surface area contributed by atoms with Crippen molar-refractivity contribution in [3.63, 3.8) is 0 Å². The standard InChI is InChI=1S/C17H22N6O2/c1-12-11-16(18-9-2-3-14-8-10-19-22-14)21-17(20-12)13-4-6-15(7-5-13)23(24)25/h4-7,11,14,19,22H,2-3,8-10H2,1H3,(H,18,20,21). The third-order valence-corrected chi connectivity index (χ3v) is 4.15. The molecule has 0 amide bonds. The second-order valence-electron chi connectivity index (χ2n) is 6.15. The molecule has 2 heterocycles. The number of hydrogen-bond acceptors (Lipinski definition) is 7. The van der Waals surface area contributed by atoms with Gasteiger partial charge in [0.15, 0.2) is 5.82 Å². The van der Waals surface area contributed by atoms with Crippen LogP contribution in [-0.2, 0) is 0 Å². The molecule has 25 heavy (non-hydrogen) atoms. The van der Waals surface area contributed by atoms with Crippen molar-refractivity contribution in [1.82, 2.24) is 20.8 Å². The average molecular weight is 342 g/mol. The van der Waals surface area contributed by atoms with Crippen molar-refractivity contribution in [2.45, 2.75) is 32.2 Å². The number of hydrogen-bond donors (Lipinski definition) is 3. The summed E-state index contributed by atoms with van der Waals surface area (Å²) in [6.07, 6.45) is 3.32. The first-order valence-corrected chi connectivity index (χ1v) is 8.44. The molecule has 0 bridgehead atoms. The van der Waals surface area contributed by atoms with Crippen LogP contribution in [-0.4, -0.2) is 34.0 Å². The lowest BCUT2D eigenvalue weighted by Gasteiger charge is -2.11. The van der Waals surface area contributed by atoms with E-state index in [1.807, 2.05) is 13.0 Å². The summed E-state index contributed by atoms with van der Waals surface area (Å²) in [5.74, 6) is 1.34. The number of non-ortho nitro benzene ring substituents is 1. The average Bonchev–Trinajstić information content (AvgIpc) is 3.12. The maximum atomic E-state index is 10.8. The van der Waals surface area contributed by atoms with Crippen molar-refractivity contribution >= 4 is 11.5 Å². The number of aryl methyl sites for hydroxylation is 1. The molecule has 8 heteroatoms. The van der Waals surface area contributed by atoms with Crippen LogP contribution < -0.4 is 16.2 Å². The zero-order valence-electron chi connectivity index (χ0n) is 14.2. The molecule has 3 N–H and O–H groups in total. The minimum absolute atomic E-state index is 0.0600. The van der Waals surface area contributed by atoms with Crippen LogP contribution in [0, 0.1) is 17.0 Å². The normalized spacial score (nSPS) is 16.8. The van der Waals surface area contributed by atoms with Crippen molar-refractivity contribution in [2.24, 2.45) is 0 Å². The Morgan fingerprint density at radius 1 is 1.32 bits per heavy atom. The Morgan fingerprint density at radius 3 is 2.80 bits per heavy atom. The Morgan fingerprint density at radius 2 is 2.12 bits per heavy atom. The summed E-state index contributed by atoms with van der Waals surface area (Å²) >= 11 is 0. The van der Waals surface area contributed by atoms with E-state index in [0.29, 0.717) is 11.9 Å². The Bertz CT molecular complexity index is 728. The smallest absolute Gasteiger partial charge is 0.269 e. The molecule has 1 atom stereocenters. The Labute approximate surface area is 146 Å². The minimum atomic E-state index is -0.414. The fraction of sp³-hybridized carbons (Fsp3) is 0.412. The van der Waals surface area contributed by atoms with Crippen LogP contribution in [0.1, 0.15) is 25.0 Å². The van der Waals surface area contributed by atoms with E-state index in [1.54, 1.807) is 12.1 Å². The molecule has 1 aliphatic heterocycles. The number of nitro groups is 1. The number of nitrogens with zero attached hydrogens (tertiary/aromatic N) is 3. The van der Waals surface area contributed by atoms with Gasteiger partial charge in [-0.15, -0.1) is 0 Å². The number of rotatable bonds is 7. The van der Waals surface area contributed by atoms with E-state index in [1.165, 1.54) is 12.1 Å². The predicted octanol–water partition coefficient (Wildman–Crippen LogP) is 2.42. The van der Waals surface area contributed by atoms with Gasteiger partial charge in [-0.25, -0.2) is 9.97 Å². The van der Waals surface area contributed by atoms with E-state index in [4.69, 9.17) is 0 Å². The third kappa shape index (κ3) is 4.71. The maximum absolute atomic E-state index is 10.8. The Balaban J connectivity index is 1.62. The first-order valence-electron chi connectivity index (χ1n) is 8.44. The van der Waals surface area contributed by atoms with Gasteiger partial charge in [0.1, 0.15) is 5.82 Å². The molecular weight excluding hydrogens is 320 g/mol. The quantitative estimate of drug-likeness (QED) is 0.403. The molecule has 1 aromatic heterocycles. The fourth-order valence-electron chi connectivity index (χ4n) is 2.84. The van der Waals surface area contributed by atoms with Gasteiger partial charge in [0.05, 0.1) is 4.92 Å². The van der Waals surface area contributed by atoms with E-state index in [-0.39, 0.29) is 5.69 Å². The van der Waals surface area contributed by atoms with Crippen LogP contribution in [0.5, 0.6) is 0 Å². The number of aromatic nitrogens is 2. The van der Waals surface area contributed by atoms with Gasteiger partial charge in [0.2, 0.25) is 0 Å². The summed E-state index contributed by atoms with van der Waals surface area (Å²) < 4.78 is 0. The number of nitrogens with one attached hydrogen (secondary N) is 3. The highest BCUT2D eigenvalue weighted by Crippen LogP contribution is 2.21. The van der Waals surface area contributed by atoms with Crippen LogP contribution in [0.3, 0.4) is 0 Å². The lowest BCUT2D eigenvalue weighted by Crippen LogP contribution is -2.30. The molecule has 1 aliphatic rings. The molecular formula is C17H22N6O2. The SMILES string of the molecule is Cc1cc(NCCCC2CCNN2)nc(-c2ccc([N+](=O)[O-])cc2)n1. The highest BCUT2D eigenvalue weighted by Gasteiger charge is 2.13.